The van der Waals surface area contributed by atoms with E-state index < -0.39 is 0 Å². The summed E-state index contributed by atoms with van der Waals surface area (Å²) in [5, 5.41) is 7.14. The Kier molecular flexibility index (Phi) is 4.57. The van der Waals surface area contributed by atoms with Gasteiger partial charge in [-0.1, -0.05) is 11.6 Å². The van der Waals surface area contributed by atoms with Gasteiger partial charge in [-0.15, -0.1) is 11.8 Å². The van der Waals surface area contributed by atoms with Gasteiger partial charge < -0.3 is 11.1 Å². The lowest BCUT2D eigenvalue weighted by molar-refractivity contribution is -0.115. The summed E-state index contributed by atoms with van der Waals surface area (Å²) in [4.78, 5) is 13.1. The SMILES string of the molecule is CC(Sc1cnn(C)c1)C(=O)Nc1ccc(Cl)cc1N. The highest BCUT2D eigenvalue weighted by Crippen LogP contribution is 2.26. The Morgan fingerprint density at radius 2 is 2.30 bits per heavy atom. The fourth-order valence-corrected chi connectivity index (χ4v) is 2.68. The third-order valence-corrected chi connectivity index (χ3v) is 3.92. The Labute approximate surface area is 126 Å². The van der Waals surface area contributed by atoms with E-state index in [4.69, 9.17) is 17.3 Å². The monoisotopic (exact) mass is 310 g/mol. The van der Waals surface area contributed by atoms with Crippen molar-refractivity contribution in [1.29, 1.82) is 0 Å². The molecule has 20 heavy (non-hydrogen) atoms. The lowest BCUT2D eigenvalue weighted by Gasteiger charge is -2.12. The van der Waals surface area contributed by atoms with Crippen LogP contribution in [0.5, 0.6) is 0 Å². The van der Waals surface area contributed by atoms with Crippen LogP contribution in [0.25, 0.3) is 0 Å². The molecule has 0 spiro atoms. The molecule has 1 unspecified atom stereocenters. The van der Waals surface area contributed by atoms with Gasteiger partial charge in [0.15, 0.2) is 0 Å². The topological polar surface area (TPSA) is 72.9 Å². The zero-order chi connectivity index (χ0) is 14.7. The number of carbonyl (C=O) groups excluding carboxylic acids is 1. The molecule has 1 amide bonds. The molecule has 0 fully saturated rings. The number of nitrogen functional groups attached to an aromatic ring is 1. The second kappa shape index (κ2) is 6.19. The summed E-state index contributed by atoms with van der Waals surface area (Å²) < 4.78 is 1.70. The van der Waals surface area contributed by atoms with Gasteiger partial charge in [-0.2, -0.15) is 5.10 Å². The van der Waals surface area contributed by atoms with Gasteiger partial charge in [0.2, 0.25) is 5.91 Å². The second-order valence-corrected chi connectivity index (χ2v) is 6.18. The van der Waals surface area contributed by atoms with E-state index in [0.717, 1.165) is 4.90 Å². The molecule has 0 bridgehead atoms. The molecule has 0 saturated carbocycles. The van der Waals surface area contributed by atoms with Gasteiger partial charge in [0, 0.05) is 23.2 Å². The number of halogens is 1. The number of aryl methyl sites for hydroxylation is 1. The van der Waals surface area contributed by atoms with Crippen LogP contribution in [0.1, 0.15) is 6.92 Å². The molecule has 5 nitrogen and oxygen atoms in total. The Balaban J connectivity index is 2.00. The standard InChI is InChI=1S/C13H15ClN4OS/c1-8(20-10-6-16-18(2)7-10)13(19)17-12-4-3-9(14)5-11(12)15/h3-8H,15H2,1-2H3,(H,17,19). The van der Waals surface area contributed by atoms with E-state index >= 15 is 0 Å². The number of rotatable bonds is 4. The van der Waals surface area contributed by atoms with Crippen LogP contribution < -0.4 is 11.1 Å². The van der Waals surface area contributed by atoms with Gasteiger partial charge >= 0.3 is 0 Å². The van der Waals surface area contributed by atoms with Crippen molar-refractivity contribution in [1.82, 2.24) is 9.78 Å². The first-order valence-electron chi connectivity index (χ1n) is 5.97. The Morgan fingerprint density at radius 3 is 2.90 bits per heavy atom. The van der Waals surface area contributed by atoms with Crippen molar-refractivity contribution < 1.29 is 4.79 Å². The van der Waals surface area contributed by atoms with Gasteiger partial charge in [0.25, 0.3) is 0 Å². The van der Waals surface area contributed by atoms with Crippen LogP contribution in [0.4, 0.5) is 11.4 Å². The van der Waals surface area contributed by atoms with Crippen molar-refractivity contribution in [2.24, 2.45) is 7.05 Å². The third-order valence-electron chi connectivity index (χ3n) is 2.63. The van der Waals surface area contributed by atoms with E-state index in [-0.39, 0.29) is 11.2 Å². The molecule has 0 saturated heterocycles. The molecule has 1 atom stereocenters. The van der Waals surface area contributed by atoms with Crippen LogP contribution in [0.2, 0.25) is 5.02 Å². The van der Waals surface area contributed by atoms with E-state index in [1.807, 2.05) is 20.2 Å². The highest BCUT2D eigenvalue weighted by atomic mass is 35.5. The summed E-state index contributed by atoms with van der Waals surface area (Å²) in [5.74, 6) is -0.118. The molecule has 2 aromatic rings. The van der Waals surface area contributed by atoms with Crippen LogP contribution in [0.3, 0.4) is 0 Å². The molecule has 7 heteroatoms. The van der Waals surface area contributed by atoms with Crippen molar-refractivity contribution in [2.45, 2.75) is 17.1 Å². The van der Waals surface area contributed by atoms with Gasteiger partial charge in [-0.3, -0.25) is 9.48 Å². The van der Waals surface area contributed by atoms with E-state index in [1.165, 1.54) is 11.8 Å². The minimum atomic E-state index is -0.255. The number of aromatic nitrogens is 2. The first kappa shape index (κ1) is 14.7. The van der Waals surface area contributed by atoms with Crippen LogP contribution in [-0.2, 0) is 11.8 Å². The van der Waals surface area contributed by atoms with Crippen LogP contribution >= 0.6 is 23.4 Å². The summed E-state index contributed by atoms with van der Waals surface area (Å²) in [6, 6.07) is 4.99. The number of hydrogen-bond donors (Lipinski definition) is 2. The number of nitrogens with two attached hydrogens (primary N) is 1. The first-order chi connectivity index (χ1) is 9.45. The number of amides is 1. The number of benzene rings is 1. The quantitative estimate of drug-likeness (QED) is 0.673. The number of hydrogen-bond acceptors (Lipinski definition) is 4. The van der Waals surface area contributed by atoms with Crippen molar-refractivity contribution >= 4 is 40.6 Å². The highest BCUT2D eigenvalue weighted by Gasteiger charge is 2.16. The molecular weight excluding hydrogens is 296 g/mol. The molecule has 0 aliphatic carbocycles. The Hall–Kier alpha value is -1.66. The lowest BCUT2D eigenvalue weighted by atomic mass is 10.2. The molecule has 106 valence electrons. The molecule has 0 radical (unpaired) electrons. The largest absolute Gasteiger partial charge is 0.397 e. The fraction of sp³-hybridized carbons (Fsp3) is 0.231. The molecule has 0 aliphatic heterocycles. The van der Waals surface area contributed by atoms with E-state index in [2.05, 4.69) is 10.4 Å². The number of anilines is 2. The summed E-state index contributed by atoms with van der Waals surface area (Å²) in [7, 11) is 1.84. The minimum Gasteiger partial charge on any atom is -0.397 e. The van der Waals surface area contributed by atoms with Crippen LogP contribution in [-0.4, -0.2) is 20.9 Å². The summed E-state index contributed by atoms with van der Waals surface area (Å²) in [5.41, 5.74) is 6.82. The Bertz CT molecular complexity index is 629. The Morgan fingerprint density at radius 1 is 1.55 bits per heavy atom. The van der Waals surface area contributed by atoms with E-state index in [0.29, 0.717) is 16.4 Å². The highest BCUT2D eigenvalue weighted by molar-refractivity contribution is 8.00. The molecule has 0 aliphatic rings. The molecule has 2 rings (SSSR count). The number of nitrogens with zero attached hydrogens (tertiary/aromatic N) is 2. The number of thioether (sulfide) groups is 1. The fourth-order valence-electron chi connectivity index (χ4n) is 1.60. The van der Waals surface area contributed by atoms with Crippen molar-refractivity contribution in [3.8, 4) is 0 Å². The zero-order valence-corrected chi connectivity index (χ0v) is 12.7. The van der Waals surface area contributed by atoms with E-state index in [9.17, 15) is 4.79 Å². The third kappa shape index (κ3) is 3.68. The molecule has 1 heterocycles. The summed E-state index contributed by atoms with van der Waals surface area (Å²) >= 11 is 7.26. The predicted molar refractivity (Wildman–Crippen MR) is 83.0 cm³/mol. The summed E-state index contributed by atoms with van der Waals surface area (Å²) in [6.45, 7) is 1.83. The zero-order valence-electron chi connectivity index (χ0n) is 11.1. The van der Waals surface area contributed by atoms with Crippen LogP contribution in [0.15, 0.2) is 35.5 Å². The van der Waals surface area contributed by atoms with Crippen molar-refractivity contribution in [3.05, 3.63) is 35.6 Å². The number of carbonyl (C=O) groups is 1. The average molecular weight is 311 g/mol. The minimum absolute atomic E-state index is 0.118. The van der Waals surface area contributed by atoms with Gasteiger partial charge in [0.05, 0.1) is 22.8 Å². The van der Waals surface area contributed by atoms with Crippen molar-refractivity contribution in [3.63, 3.8) is 0 Å². The smallest absolute Gasteiger partial charge is 0.237 e. The molecule has 1 aromatic heterocycles. The maximum atomic E-state index is 12.1. The first-order valence-corrected chi connectivity index (χ1v) is 7.22. The maximum absolute atomic E-state index is 12.1. The lowest BCUT2D eigenvalue weighted by Crippen LogP contribution is -2.22. The van der Waals surface area contributed by atoms with Gasteiger partial charge in [-0.05, 0) is 25.1 Å². The normalized spacial score (nSPS) is 12.2. The molecule has 1 aromatic carbocycles. The van der Waals surface area contributed by atoms with Crippen molar-refractivity contribution in [2.75, 3.05) is 11.1 Å². The number of nitrogens with one attached hydrogen (secondary N) is 1. The molecular formula is C13H15ClN4OS. The average Bonchev–Trinajstić information content (AvgIpc) is 2.78. The maximum Gasteiger partial charge on any atom is 0.237 e. The van der Waals surface area contributed by atoms with Gasteiger partial charge in [0.1, 0.15) is 0 Å². The summed E-state index contributed by atoms with van der Waals surface area (Å²) in [6.07, 6.45) is 3.59. The van der Waals surface area contributed by atoms with E-state index in [1.54, 1.807) is 29.1 Å². The predicted octanol–water partition coefficient (Wildman–Crippen LogP) is 2.78. The molecule has 3 N–H and O–H groups in total. The van der Waals surface area contributed by atoms with Crippen LogP contribution in [0, 0.1) is 0 Å². The van der Waals surface area contributed by atoms with Gasteiger partial charge in [-0.25, -0.2) is 0 Å². The second-order valence-electron chi connectivity index (χ2n) is 4.33.